The van der Waals surface area contributed by atoms with Gasteiger partial charge in [0.25, 0.3) is 0 Å². The third kappa shape index (κ3) is 3.77. The molecule has 28 heavy (non-hydrogen) atoms. The number of anilines is 1. The van der Waals surface area contributed by atoms with E-state index in [1.165, 1.54) is 12.1 Å². The van der Waals surface area contributed by atoms with E-state index in [2.05, 4.69) is 10.5 Å². The number of likely N-dealkylation sites (tertiary alicyclic amines) is 1. The molecule has 0 atom stereocenters. The Morgan fingerprint density at radius 1 is 1.25 bits per heavy atom. The number of carbonyl (C=O) groups is 1. The standard InChI is InChI=1S/C20H21FN4O2S/c1-12-13(2)24-27-18(12)23-20(26)25-9-7-15(8-10-25)19-22-17(11-28-19)14-3-5-16(21)6-4-14/h3-6,11,15H,7-10H2,1-2H3,(H,23,26). The van der Waals surface area contributed by atoms with Crippen molar-refractivity contribution in [3.8, 4) is 11.3 Å². The van der Waals surface area contributed by atoms with Crippen LogP contribution in [0.4, 0.5) is 15.1 Å². The topological polar surface area (TPSA) is 71.3 Å². The van der Waals surface area contributed by atoms with Crippen molar-refractivity contribution in [1.82, 2.24) is 15.0 Å². The van der Waals surface area contributed by atoms with Gasteiger partial charge in [0.1, 0.15) is 5.82 Å². The molecule has 1 aliphatic heterocycles. The van der Waals surface area contributed by atoms with E-state index in [9.17, 15) is 9.18 Å². The fourth-order valence-electron chi connectivity index (χ4n) is 3.27. The quantitative estimate of drug-likeness (QED) is 0.674. The Labute approximate surface area is 166 Å². The van der Waals surface area contributed by atoms with E-state index in [1.54, 1.807) is 28.4 Å². The molecule has 3 aromatic rings. The Hall–Kier alpha value is -2.74. The van der Waals surface area contributed by atoms with Crippen LogP contribution in [-0.2, 0) is 0 Å². The van der Waals surface area contributed by atoms with Gasteiger partial charge in [-0.2, -0.15) is 0 Å². The molecule has 6 nitrogen and oxygen atoms in total. The van der Waals surface area contributed by atoms with Crippen molar-refractivity contribution in [2.45, 2.75) is 32.6 Å². The van der Waals surface area contributed by atoms with Gasteiger partial charge in [0.2, 0.25) is 5.88 Å². The van der Waals surface area contributed by atoms with E-state index >= 15 is 0 Å². The first-order valence-corrected chi connectivity index (χ1v) is 10.1. The van der Waals surface area contributed by atoms with Gasteiger partial charge in [0.05, 0.1) is 16.4 Å². The molecule has 1 aliphatic rings. The van der Waals surface area contributed by atoms with E-state index in [1.807, 2.05) is 19.2 Å². The zero-order valence-electron chi connectivity index (χ0n) is 15.7. The first kappa shape index (κ1) is 18.6. The van der Waals surface area contributed by atoms with Gasteiger partial charge in [-0.1, -0.05) is 5.16 Å². The SMILES string of the molecule is Cc1noc(NC(=O)N2CCC(c3nc(-c4ccc(F)cc4)cs3)CC2)c1C. The number of aromatic nitrogens is 2. The normalized spacial score (nSPS) is 15.0. The molecule has 0 spiro atoms. The molecule has 4 rings (SSSR count). The van der Waals surface area contributed by atoms with Crippen LogP contribution in [-0.4, -0.2) is 34.2 Å². The number of benzene rings is 1. The lowest BCUT2D eigenvalue weighted by atomic mass is 9.98. The molecule has 1 fully saturated rings. The molecular formula is C20H21FN4O2S. The number of hydrogen-bond acceptors (Lipinski definition) is 5. The number of hydrogen-bond donors (Lipinski definition) is 1. The minimum atomic E-state index is -0.250. The maximum absolute atomic E-state index is 13.1. The smallest absolute Gasteiger partial charge is 0.324 e. The molecule has 2 aromatic heterocycles. The second-order valence-electron chi connectivity index (χ2n) is 6.99. The molecule has 1 aromatic carbocycles. The summed E-state index contributed by atoms with van der Waals surface area (Å²) in [6.45, 7) is 5.03. The third-order valence-electron chi connectivity index (χ3n) is 5.17. The van der Waals surface area contributed by atoms with Crippen LogP contribution in [0.2, 0.25) is 0 Å². The minimum Gasteiger partial charge on any atom is -0.338 e. The summed E-state index contributed by atoms with van der Waals surface area (Å²) in [5, 5.41) is 9.74. The zero-order chi connectivity index (χ0) is 19.7. The molecule has 0 saturated carbocycles. The number of nitrogens with one attached hydrogen (secondary N) is 1. The molecular weight excluding hydrogens is 379 g/mol. The number of aryl methyl sites for hydroxylation is 1. The van der Waals surface area contributed by atoms with Gasteiger partial charge in [0, 0.05) is 35.5 Å². The lowest BCUT2D eigenvalue weighted by Crippen LogP contribution is -2.40. The van der Waals surface area contributed by atoms with E-state index in [0.717, 1.165) is 40.4 Å². The van der Waals surface area contributed by atoms with Gasteiger partial charge < -0.3 is 9.42 Å². The van der Waals surface area contributed by atoms with Crippen molar-refractivity contribution in [3.05, 3.63) is 51.7 Å². The first-order chi connectivity index (χ1) is 13.5. The van der Waals surface area contributed by atoms with Crippen LogP contribution in [0.3, 0.4) is 0 Å². The van der Waals surface area contributed by atoms with E-state index in [-0.39, 0.29) is 11.8 Å². The molecule has 2 amide bonds. The second-order valence-corrected chi connectivity index (χ2v) is 7.88. The van der Waals surface area contributed by atoms with Crippen molar-refractivity contribution in [3.63, 3.8) is 0 Å². The number of rotatable bonds is 3. The number of halogens is 1. The Bertz CT molecular complexity index is 975. The lowest BCUT2D eigenvalue weighted by Gasteiger charge is -2.30. The predicted octanol–water partition coefficient (Wildman–Crippen LogP) is 4.97. The Kier molecular flexibility index (Phi) is 5.13. The summed E-state index contributed by atoms with van der Waals surface area (Å²) in [4.78, 5) is 19.0. The van der Waals surface area contributed by atoms with Crippen LogP contribution < -0.4 is 5.32 Å². The molecule has 0 bridgehead atoms. The number of nitrogens with zero attached hydrogens (tertiary/aromatic N) is 3. The number of amides is 2. The average Bonchev–Trinajstić information content (AvgIpc) is 3.32. The van der Waals surface area contributed by atoms with Crippen molar-refractivity contribution in [2.75, 3.05) is 18.4 Å². The van der Waals surface area contributed by atoms with E-state index in [4.69, 9.17) is 9.51 Å². The van der Waals surface area contributed by atoms with Gasteiger partial charge >= 0.3 is 6.03 Å². The monoisotopic (exact) mass is 400 g/mol. The largest absolute Gasteiger partial charge is 0.338 e. The third-order valence-corrected chi connectivity index (χ3v) is 6.18. The molecule has 0 radical (unpaired) electrons. The highest BCUT2D eigenvalue weighted by atomic mass is 32.1. The lowest BCUT2D eigenvalue weighted by molar-refractivity contribution is 0.193. The molecule has 146 valence electrons. The molecule has 1 saturated heterocycles. The summed E-state index contributed by atoms with van der Waals surface area (Å²) in [5.41, 5.74) is 3.41. The number of urea groups is 1. The molecule has 0 aliphatic carbocycles. The predicted molar refractivity (Wildman–Crippen MR) is 106 cm³/mol. The van der Waals surface area contributed by atoms with Crippen LogP contribution >= 0.6 is 11.3 Å². The van der Waals surface area contributed by atoms with Crippen molar-refractivity contribution < 1.29 is 13.7 Å². The molecule has 3 heterocycles. The van der Waals surface area contributed by atoms with Crippen LogP contribution in [0.1, 0.15) is 35.0 Å². The van der Waals surface area contributed by atoms with Crippen LogP contribution in [0, 0.1) is 19.7 Å². The Morgan fingerprint density at radius 2 is 1.96 bits per heavy atom. The molecule has 1 N–H and O–H groups in total. The van der Waals surface area contributed by atoms with Crippen LogP contribution in [0.5, 0.6) is 0 Å². The number of carbonyl (C=O) groups excluding carboxylic acids is 1. The summed E-state index contributed by atoms with van der Waals surface area (Å²) in [6, 6.07) is 6.22. The maximum Gasteiger partial charge on any atom is 0.324 e. The highest BCUT2D eigenvalue weighted by Crippen LogP contribution is 2.33. The Morgan fingerprint density at radius 3 is 2.61 bits per heavy atom. The van der Waals surface area contributed by atoms with Crippen LogP contribution in [0.25, 0.3) is 11.3 Å². The van der Waals surface area contributed by atoms with Crippen LogP contribution in [0.15, 0.2) is 34.2 Å². The fraction of sp³-hybridized carbons (Fsp3) is 0.350. The highest BCUT2D eigenvalue weighted by molar-refractivity contribution is 7.10. The van der Waals surface area contributed by atoms with Gasteiger partial charge in [0.15, 0.2) is 0 Å². The summed E-state index contributed by atoms with van der Waals surface area (Å²) < 4.78 is 18.3. The van der Waals surface area contributed by atoms with Crippen molar-refractivity contribution in [2.24, 2.45) is 0 Å². The minimum absolute atomic E-state index is 0.163. The van der Waals surface area contributed by atoms with Gasteiger partial charge in [-0.05, 0) is 51.0 Å². The van der Waals surface area contributed by atoms with E-state index < -0.39 is 0 Å². The molecule has 0 unspecified atom stereocenters. The first-order valence-electron chi connectivity index (χ1n) is 9.21. The van der Waals surface area contributed by atoms with Gasteiger partial charge in [-0.3, -0.25) is 5.32 Å². The second kappa shape index (κ2) is 7.71. The van der Waals surface area contributed by atoms with E-state index in [0.29, 0.717) is 24.9 Å². The number of thiazole rings is 1. The highest BCUT2D eigenvalue weighted by Gasteiger charge is 2.26. The van der Waals surface area contributed by atoms with Gasteiger partial charge in [-0.25, -0.2) is 14.2 Å². The summed E-state index contributed by atoms with van der Waals surface area (Å²) in [6.07, 6.45) is 1.72. The fourth-order valence-corrected chi connectivity index (χ4v) is 4.27. The molecule has 8 heteroatoms. The summed E-state index contributed by atoms with van der Waals surface area (Å²) >= 11 is 1.62. The van der Waals surface area contributed by atoms with Gasteiger partial charge in [-0.15, -0.1) is 11.3 Å². The number of piperidine rings is 1. The van der Waals surface area contributed by atoms with Crippen molar-refractivity contribution in [1.29, 1.82) is 0 Å². The Balaban J connectivity index is 1.36. The summed E-state index contributed by atoms with van der Waals surface area (Å²) in [5.74, 6) is 0.492. The zero-order valence-corrected chi connectivity index (χ0v) is 16.6. The maximum atomic E-state index is 13.1. The van der Waals surface area contributed by atoms with Crippen molar-refractivity contribution >= 4 is 23.3 Å². The average molecular weight is 400 g/mol. The summed E-state index contributed by atoms with van der Waals surface area (Å²) in [7, 11) is 0.